The Morgan fingerprint density at radius 1 is 1.27 bits per heavy atom. The molecule has 1 aromatic heterocycles. The average molecular weight is 364 g/mol. The number of hydrogen-bond donors (Lipinski definition) is 0. The summed E-state index contributed by atoms with van der Waals surface area (Å²) in [7, 11) is 1.31. The summed E-state index contributed by atoms with van der Waals surface area (Å²) in [6.45, 7) is 11.8. The van der Waals surface area contributed by atoms with Crippen LogP contribution >= 0.6 is 0 Å². The molecule has 1 fully saturated rings. The Morgan fingerprint density at radius 3 is 2.38 bits per heavy atom. The fourth-order valence-electron chi connectivity index (χ4n) is 2.66. The molecule has 8 heteroatoms. The first-order chi connectivity index (χ1) is 12.1. The van der Waals surface area contributed by atoms with Gasteiger partial charge in [-0.25, -0.2) is 19.6 Å². The quantitative estimate of drug-likeness (QED) is 0.741. The molecule has 0 radical (unpaired) electrons. The van der Waals surface area contributed by atoms with Crippen molar-refractivity contribution in [3.8, 4) is 0 Å². The third-order valence-electron chi connectivity index (χ3n) is 4.02. The number of hydrogen-bond acceptors (Lipinski definition) is 7. The van der Waals surface area contributed by atoms with Crippen LogP contribution in [0.3, 0.4) is 0 Å². The van der Waals surface area contributed by atoms with Gasteiger partial charge in [-0.3, -0.25) is 0 Å². The standard InChI is InChI=1S/C18H28N4O4/c1-12(2)22(17(24)26-18(3,4)5)11-13-9-21(10-13)15-8-19-14(7-20-15)16(23)25-6/h7-8,12-13H,9-11H2,1-6H3. The van der Waals surface area contributed by atoms with Gasteiger partial charge < -0.3 is 19.3 Å². The predicted molar refractivity (Wildman–Crippen MR) is 97.2 cm³/mol. The molecule has 0 atom stereocenters. The van der Waals surface area contributed by atoms with E-state index in [1.54, 1.807) is 11.1 Å². The van der Waals surface area contributed by atoms with Gasteiger partial charge in [-0.15, -0.1) is 0 Å². The van der Waals surface area contributed by atoms with Crippen molar-refractivity contribution in [1.82, 2.24) is 14.9 Å². The molecular formula is C18H28N4O4. The van der Waals surface area contributed by atoms with Crippen molar-refractivity contribution >= 4 is 17.9 Å². The van der Waals surface area contributed by atoms with Crippen LogP contribution in [0.5, 0.6) is 0 Å². The molecule has 0 bridgehead atoms. The highest BCUT2D eigenvalue weighted by molar-refractivity contribution is 5.86. The van der Waals surface area contributed by atoms with E-state index in [2.05, 4.69) is 19.6 Å². The van der Waals surface area contributed by atoms with Gasteiger partial charge in [0.15, 0.2) is 5.69 Å². The monoisotopic (exact) mass is 364 g/mol. The molecule has 1 saturated heterocycles. The number of carbonyl (C=O) groups excluding carboxylic acids is 2. The summed E-state index contributed by atoms with van der Waals surface area (Å²) >= 11 is 0. The van der Waals surface area contributed by atoms with E-state index in [9.17, 15) is 9.59 Å². The van der Waals surface area contributed by atoms with Crippen molar-refractivity contribution in [3.63, 3.8) is 0 Å². The fraction of sp³-hybridized carbons (Fsp3) is 0.667. The van der Waals surface area contributed by atoms with Crippen molar-refractivity contribution < 1.29 is 19.1 Å². The second-order valence-electron chi connectivity index (χ2n) is 7.75. The topological polar surface area (TPSA) is 84.9 Å². The summed E-state index contributed by atoms with van der Waals surface area (Å²) in [5.41, 5.74) is -0.323. The Kier molecular flexibility index (Phi) is 6.05. The van der Waals surface area contributed by atoms with Gasteiger partial charge in [-0.2, -0.15) is 0 Å². The zero-order chi connectivity index (χ0) is 19.5. The van der Waals surface area contributed by atoms with Gasteiger partial charge >= 0.3 is 12.1 Å². The van der Waals surface area contributed by atoms with Crippen LogP contribution in [0.1, 0.15) is 45.1 Å². The Labute approximate surface area is 154 Å². The van der Waals surface area contributed by atoms with Gasteiger partial charge in [0.2, 0.25) is 0 Å². The van der Waals surface area contributed by atoms with Crippen molar-refractivity contribution in [3.05, 3.63) is 18.1 Å². The summed E-state index contributed by atoms with van der Waals surface area (Å²) in [6.07, 6.45) is 2.69. The molecule has 26 heavy (non-hydrogen) atoms. The SMILES string of the molecule is COC(=O)c1cnc(N2CC(CN(C(=O)OC(C)(C)C)C(C)C)C2)cn1. The third kappa shape index (κ3) is 5.06. The minimum Gasteiger partial charge on any atom is -0.464 e. The lowest BCUT2D eigenvalue weighted by molar-refractivity contribution is 0.0146. The molecule has 2 heterocycles. The lowest BCUT2D eigenvalue weighted by Crippen LogP contribution is -2.54. The van der Waals surface area contributed by atoms with E-state index in [0.717, 1.165) is 13.1 Å². The Hall–Kier alpha value is -2.38. The number of aromatic nitrogens is 2. The van der Waals surface area contributed by atoms with E-state index >= 15 is 0 Å². The van der Waals surface area contributed by atoms with Gasteiger partial charge in [-0.1, -0.05) is 0 Å². The number of esters is 1. The first-order valence-corrected chi connectivity index (χ1v) is 8.75. The van der Waals surface area contributed by atoms with Crippen LogP contribution < -0.4 is 4.90 Å². The van der Waals surface area contributed by atoms with Gasteiger partial charge in [0.1, 0.15) is 11.4 Å². The second-order valence-corrected chi connectivity index (χ2v) is 7.75. The summed E-state index contributed by atoms with van der Waals surface area (Å²) in [5.74, 6) is 0.546. The first kappa shape index (κ1) is 19.9. The maximum Gasteiger partial charge on any atom is 0.410 e. The van der Waals surface area contributed by atoms with Gasteiger partial charge in [0.05, 0.1) is 19.5 Å². The highest BCUT2D eigenvalue weighted by atomic mass is 16.6. The molecule has 0 spiro atoms. The molecule has 0 N–H and O–H groups in total. The maximum absolute atomic E-state index is 12.4. The Morgan fingerprint density at radius 2 is 1.92 bits per heavy atom. The van der Waals surface area contributed by atoms with E-state index in [1.165, 1.54) is 13.3 Å². The van der Waals surface area contributed by atoms with Crippen molar-refractivity contribution in [1.29, 1.82) is 0 Å². The molecule has 1 aliphatic heterocycles. The van der Waals surface area contributed by atoms with Crippen LogP contribution in [0.4, 0.5) is 10.6 Å². The molecule has 0 aromatic carbocycles. The number of ether oxygens (including phenoxy) is 2. The summed E-state index contributed by atoms with van der Waals surface area (Å²) in [5, 5.41) is 0. The van der Waals surface area contributed by atoms with E-state index in [0.29, 0.717) is 18.3 Å². The van der Waals surface area contributed by atoms with E-state index in [-0.39, 0.29) is 17.8 Å². The first-order valence-electron chi connectivity index (χ1n) is 8.75. The van der Waals surface area contributed by atoms with Crippen LogP contribution in [0, 0.1) is 5.92 Å². The minimum absolute atomic E-state index is 0.0676. The molecule has 2 rings (SSSR count). The molecule has 1 aliphatic rings. The van der Waals surface area contributed by atoms with Crippen molar-refractivity contribution in [2.75, 3.05) is 31.6 Å². The van der Waals surface area contributed by atoms with Crippen molar-refractivity contribution in [2.45, 2.75) is 46.3 Å². The highest BCUT2D eigenvalue weighted by Gasteiger charge is 2.33. The summed E-state index contributed by atoms with van der Waals surface area (Å²) in [6, 6.07) is 0.0676. The van der Waals surface area contributed by atoms with Crippen LogP contribution in [0.25, 0.3) is 0 Å². The van der Waals surface area contributed by atoms with E-state index in [4.69, 9.17) is 4.74 Å². The normalized spacial score (nSPS) is 14.8. The van der Waals surface area contributed by atoms with Crippen LogP contribution in [-0.2, 0) is 9.47 Å². The molecular weight excluding hydrogens is 336 g/mol. The molecule has 8 nitrogen and oxygen atoms in total. The van der Waals surface area contributed by atoms with Crippen LogP contribution in [-0.4, -0.2) is 65.3 Å². The second kappa shape index (κ2) is 7.88. The number of methoxy groups -OCH3 is 1. The zero-order valence-electron chi connectivity index (χ0n) is 16.4. The molecule has 144 valence electrons. The Balaban J connectivity index is 1.90. The smallest absolute Gasteiger partial charge is 0.410 e. The average Bonchev–Trinajstić information content (AvgIpc) is 2.51. The van der Waals surface area contributed by atoms with Crippen LogP contribution in [0.15, 0.2) is 12.4 Å². The van der Waals surface area contributed by atoms with Crippen molar-refractivity contribution in [2.24, 2.45) is 5.92 Å². The largest absolute Gasteiger partial charge is 0.464 e. The van der Waals surface area contributed by atoms with E-state index in [1.807, 2.05) is 34.6 Å². The van der Waals surface area contributed by atoms with Crippen LogP contribution in [0.2, 0.25) is 0 Å². The van der Waals surface area contributed by atoms with E-state index < -0.39 is 11.6 Å². The molecule has 0 aliphatic carbocycles. The summed E-state index contributed by atoms with van der Waals surface area (Å²) < 4.78 is 10.1. The predicted octanol–water partition coefficient (Wildman–Crippen LogP) is 2.34. The number of rotatable bonds is 5. The molecule has 0 saturated carbocycles. The lowest BCUT2D eigenvalue weighted by atomic mass is 9.99. The number of amides is 1. The zero-order valence-corrected chi connectivity index (χ0v) is 16.4. The third-order valence-corrected chi connectivity index (χ3v) is 4.02. The molecule has 1 amide bonds. The van der Waals surface area contributed by atoms with Gasteiger partial charge in [0, 0.05) is 31.6 Å². The maximum atomic E-state index is 12.4. The minimum atomic E-state index is -0.507. The number of carbonyl (C=O) groups is 2. The molecule has 0 unspecified atom stereocenters. The summed E-state index contributed by atoms with van der Waals surface area (Å²) in [4.78, 5) is 35.9. The Bertz CT molecular complexity index is 634. The van der Waals surface area contributed by atoms with Gasteiger partial charge in [0.25, 0.3) is 0 Å². The molecule has 1 aromatic rings. The number of nitrogens with zero attached hydrogens (tertiary/aromatic N) is 4. The lowest BCUT2D eigenvalue weighted by Gasteiger charge is -2.43. The fourth-order valence-corrected chi connectivity index (χ4v) is 2.66. The highest BCUT2D eigenvalue weighted by Crippen LogP contribution is 2.24. The van der Waals surface area contributed by atoms with Gasteiger partial charge in [-0.05, 0) is 34.6 Å². The number of anilines is 1.